The van der Waals surface area contributed by atoms with E-state index >= 15 is 0 Å². The summed E-state index contributed by atoms with van der Waals surface area (Å²) in [6, 6.07) is 6.32. The number of nitrogens with two attached hydrogens (primary N) is 1. The number of rotatable bonds is 4. The predicted molar refractivity (Wildman–Crippen MR) is 84.2 cm³/mol. The van der Waals surface area contributed by atoms with Crippen LogP contribution in [0, 0.1) is 20.8 Å². The molecule has 0 amide bonds. The fourth-order valence-corrected chi connectivity index (χ4v) is 2.84. The zero-order valence-electron chi connectivity index (χ0n) is 12.6. The largest absolute Gasteiger partial charge is 0.324 e. The lowest BCUT2D eigenvalue weighted by atomic mass is 9.96. The van der Waals surface area contributed by atoms with Crippen LogP contribution in [0.3, 0.4) is 0 Å². The molecule has 0 bridgehead atoms. The molecule has 0 aliphatic rings. The third-order valence-electron chi connectivity index (χ3n) is 3.69. The summed E-state index contributed by atoms with van der Waals surface area (Å²) in [6.45, 7) is 9.00. The molecule has 1 aromatic heterocycles. The fraction of sp³-hybridized carbons (Fsp3) is 0.438. The Hall–Kier alpha value is -1.32. The minimum absolute atomic E-state index is 0.0606. The monoisotopic (exact) mass is 291 g/mol. The molecule has 0 radical (unpaired) electrons. The second-order valence-electron chi connectivity index (χ2n) is 5.33. The number of aromatic nitrogens is 2. The van der Waals surface area contributed by atoms with Gasteiger partial charge in [0.1, 0.15) is 0 Å². The Kier molecular flexibility index (Phi) is 4.51. The van der Waals surface area contributed by atoms with Crippen molar-refractivity contribution in [1.29, 1.82) is 0 Å². The van der Waals surface area contributed by atoms with E-state index < -0.39 is 0 Å². The lowest BCUT2D eigenvalue weighted by molar-refractivity contribution is 0.586. The maximum Gasteiger partial charge on any atom is 0.0847 e. The first-order chi connectivity index (χ1) is 9.43. The van der Waals surface area contributed by atoms with Gasteiger partial charge in [0.05, 0.1) is 16.4 Å². The van der Waals surface area contributed by atoms with Crippen LogP contribution in [-0.4, -0.2) is 9.78 Å². The molecule has 1 atom stereocenters. The van der Waals surface area contributed by atoms with E-state index in [2.05, 4.69) is 44.1 Å². The molecule has 4 heteroatoms. The molecule has 0 saturated carbocycles. The van der Waals surface area contributed by atoms with E-state index in [1.54, 1.807) is 0 Å². The van der Waals surface area contributed by atoms with Crippen LogP contribution in [-0.2, 0) is 13.0 Å². The average molecular weight is 292 g/mol. The van der Waals surface area contributed by atoms with Crippen molar-refractivity contribution in [3.05, 3.63) is 51.3 Å². The molecule has 1 unspecified atom stereocenters. The van der Waals surface area contributed by atoms with Crippen molar-refractivity contribution in [3.8, 4) is 0 Å². The van der Waals surface area contributed by atoms with Gasteiger partial charge in [0.15, 0.2) is 0 Å². The van der Waals surface area contributed by atoms with E-state index in [1.165, 1.54) is 16.7 Å². The molecule has 0 saturated heterocycles. The molecular weight excluding hydrogens is 270 g/mol. The van der Waals surface area contributed by atoms with Crippen LogP contribution in [0.2, 0.25) is 5.02 Å². The van der Waals surface area contributed by atoms with Crippen molar-refractivity contribution >= 4 is 11.6 Å². The molecular formula is C16H22ClN3. The lowest BCUT2D eigenvalue weighted by Gasteiger charge is -2.16. The Labute approximate surface area is 125 Å². The zero-order chi connectivity index (χ0) is 14.9. The first-order valence-electron chi connectivity index (χ1n) is 6.98. The summed E-state index contributed by atoms with van der Waals surface area (Å²) >= 11 is 6.35. The van der Waals surface area contributed by atoms with Gasteiger partial charge in [0.2, 0.25) is 0 Å². The van der Waals surface area contributed by atoms with Crippen LogP contribution in [0.15, 0.2) is 18.2 Å². The van der Waals surface area contributed by atoms with Crippen LogP contribution in [0.4, 0.5) is 0 Å². The first-order valence-corrected chi connectivity index (χ1v) is 7.36. The zero-order valence-corrected chi connectivity index (χ0v) is 13.3. The number of aryl methyl sites for hydroxylation is 4. The Morgan fingerprint density at radius 2 is 2.00 bits per heavy atom. The number of hydrogen-bond acceptors (Lipinski definition) is 2. The smallest absolute Gasteiger partial charge is 0.0847 e. The molecule has 0 aliphatic carbocycles. The van der Waals surface area contributed by atoms with Gasteiger partial charge in [-0.15, -0.1) is 0 Å². The summed E-state index contributed by atoms with van der Waals surface area (Å²) < 4.78 is 1.95. The summed E-state index contributed by atoms with van der Waals surface area (Å²) in [7, 11) is 0. The standard InChI is InChI=1S/C16H22ClN3/c1-5-20-15(16(17)12(4)19-20)9-14(18)13-7-6-10(2)8-11(13)3/h6-8,14H,5,9,18H2,1-4H3. The highest BCUT2D eigenvalue weighted by molar-refractivity contribution is 6.31. The SMILES string of the molecule is CCn1nc(C)c(Cl)c1CC(N)c1ccc(C)cc1C. The highest BCUT2D eigenvalue weighted by Gasteiger charge is 2.17. The van der Waals surface area contributed by atoms with Gasteiger partial charge in [-0.25, -0.2) is 0 Å². The quantitative estimate of drug-likeness (QED) is 0.933. The summed E-state index contributed by atoms with van der Waals surface area (Å²) in [5.74, 6) is 0. The van der Waals surface area contributed by atoms with E-state index in [4.69, 9.17) is 17.3 Å². The molecule has 2 aromatic rings. The van der Waals surface area contributed by atoms with Gasteiger partial charge in [0.25, 0.3) is 0 Å². The van der Waals surface area contributed by atoms with E-state index in [1.807, 2.05) is 11.6 Å². The van der Waals surface area contributed by atoms with Gasteiger partial charge in [-0.1, -0.05) is 35.4 Å². The molecule has 1 heterocycles. The molecule has 1 aromatic carbocycles. The molecule has 2 N–H and O–H groups in total. The second-order valence-corrected chi connectivity index (χ2v) is 5.71. The fourth-order valence-electron chi connectivity index (χ4n) is 2.62. The van der Waals surface area contributed by atoms with Crippen molar-refractivity contribution in [1.82, 2.24) is 9.78 Å². The van der Waals surface area contributed by atoms with Crippen molar-refractivity contribution < 1.29 is 0 Å². The number of halogens is 1. The van der Waals surface area contributed by atoms with Gasteiger partial charge in [0, 0.05) is 19.0 Å². The molecule has 20 heavy (non-hydrogen) atoms. The highest BCUT2D eigenvalue weighted by Crippen LogP contribution is 2.26. The maximum atomic E-state index is 6.38. The van der Waals surface area contributed by atoms with Gasteiger partial charge >= 0.3 is 0 Å². The molecule has 3 nitrogen and oxygen atoms in total. The van der Waals surface area contributed by atoms with Gasteiger partial charge in [-0.2, -0.15) is 5.10 Å². The third kappa shape index (κ3) is 2.89. The number of hydrogen-bond donors (Lipinski definition) is 1. The van der Waals surface area contributed by atoms with Crippen LogP contribution >= 0.6 is 11.6 Å². The van der Waals surface area contributed by atoms with E-state index in [9.17, 15) is 0 Å². The van der Waals surface area contributed by atoms with E-state index in [-0.39, 0.29) is 6.04 Å². The van der Waals surface area contributed by atoms with E-state index in [0.29, 0.717) is 6.42 Å². The number of benzene rings is 1. The molecule has 0 aliphatic heterocycles. The van der Waals surface area contributed by atoms with Crippen molar-refractivity contribution in [2.45, 2.75) is 46.7 Å². The minimum atomic E-state index is -0.0606. The topological polar surface area (TPSA) is 43.8 Å². The molecule has 108 valence electrons. The highest BCUT2D eigenvalue weighted by atomic mass is 35.5. The first kappa shape index (κ1) is 15.1. The molecule has 0 spiro atoms. The number of nitrogens with zero attached hydrogens (tertiary/aromatic N) is 2. The Morgan fingerprint density at radius 1 is 1.30 bits per heavy atom. The Bertz CT molecular complexity index is 616. The average Bonchev–Trinajstić information content (AvgIpc) is 2.66. The minimum Gasteiger partial charge on any atom is -0.324 e. The lowest BCUT2D eigenvalue weighted by Crippen LogP contribution is -2.17. The summed E-state index contributed by atoms with van der Waals surface area (Å²) in [5.41, 5.74) is 11.9. The van der Waals surface area contributed by atoms with Gasteiger partial charge in [-0.3, -0.25) is 4.68 Å². The maximum absolute atomic E-state index is 6.38. The third-order valence-corrected chi connectivity index (χ3v) is 4.18. The second kappa shape index (κ2) is 5.98. The normalized spacial score (nSPS) is 12.7. The van der Waals surface area contributed by atoms with E-state index in [0.717, 1.165) is 23.0 Å². The van der Waals surface area contributed by atoms with Gasteiger partial charge in [-0.05, 0) is 38.8 Å². The Balaban J connectivity index is 2.30. The van der Waals surface area contributed by atoms with Crippen LogP contribution in [0.1, 0.15) is 41.0 Å². The van der Waals surface area contributed by atoms with Gasteiger partial charge < -0.3 is 5.73 Å². The van der Waals surface area contributed by atoms with Crippen molar-refractivity contribution in [2.24, 2.45) is 5.73 Å². The summed E-state index contributed by atoms with van der Waals surface area (Å²) in [6.07, 6.45) is 0.706. The predicted octanol–water partition coefficient (Wildman–Crippen LogP) is 3.72. The van der Waals surface area contributed by atoms with Crippen molar-refractivity contribution in [2.75, 3.05) is 0 Å². The van der Waals surface area contributed by atoms with Crippen LogP contribution in [0.5, 0.6) is 0 Å². The Morgan fingerprint density at radius 3 is 2.60 bits per heavy atom. The van der Waals surface area contributed by atoms with Crippen LogP contribution in [0.25, 0.3) is 0 Å². The molecule has 0 fully saturated rings. The van der Waals surface area contributed by atoms with Crippen LogP contribution < -0.4 is 5.73 Å². The summed E-state index contributed by atoms with van der Waals surface area (Å²) in [5, 5.41) is 5.18. The van der Waals surface area contributed by atoms with Crippen molar-refractivity contribution in [3.63, 3.8) is 0 Å². The summed E-state index contributed by atoms with van der Waals surface area (Å²) in [4.78, 5) is 0. The molecule has 2 rings (SSSR count).